The van der Waals surface area contributed by atoms with Crippen LogP contribution >= 0.6 is 0 Å². The molecule has 0 N–H and O–H groups in total. The van der Waals surface area contributed by atoms with Crippen LogP contribution in [0.25, 0.3) is 0 Å². The van der Waals surface area contributed by atoms with Crippen LogP contribution in [0.2, 0.25) is 0 Å². The average Bonchev–Trinajstić information content (AvgIpc) is 2.67. The number of benzene rings is 1. The Kier molecular flexibility index (Phi) is 5.48. The molecule has 1 amide bonds. The van der Waals surface area contributed by atoms with Crippen molar-refractivity contribution in [2.24, 2.45) is 0 Å². The molecular formula is C20H28N6O. The maximum absolute atomic E-state index is 12.9. The summed E-state index contributed by atoms with van der Waals surface area (Å²) in [6.07, 6.45) is 0. The van der Waals surface area contributed by atoms with Gasteiger partial charge in [-0.3, -0.25) is 4.79 Å². The number of nitrogens with zero attached hydrogens (tertiary/aromatic N) is 6. The molecule has 144 valence electrons. The second kappa shape index (κ2) is 7.82. The number of anilines is 3. The molecule has 1 aromatic carbocycles. The summed E-state index contributed by atoms with van der Waals surface area (Å²) < 4.78 is 0. The van der Waals surface area contributed by atoms with E-state index in [0.29, 0.717) is 13.1 Å². The fourth-order valence-electron chi connectivity index (χ4n) is 3.17. The van der Waals surface area contributed by atoms with Crippen molar-refractivity contribution in [2.45, 2.75) is 6.92 Å². The molecule has 1 aliphatic heterocycles. The van der Waals surface area contributed by atoms with Gasteiger partial charge in [0.2, 0.25) is 0 Å². The second-order valence-corrected chi connectivity index (χ2v) is 7.25. The lowest BCUT2D eigenvalue weighted by Gasteiger charge is -2.35. The molecule has 1 aromatic heterocycles. The summed E-state index contributed by atoms with van der Waals surface area (Å²) in [6, 6.07) is 9.79. The number of hydrogen-bond acceptors (Lipinski definition) is 6. The van der Waals surface area contributed by atoms with Crippen LogP contribution in [0.4, 0.5) is 17.3 Å². The summed E-state index contributed by atoms with van der Waals surface area (Å²) in [6.45, 7) is 4.82. The van der Waals surface area contributed by atoms with Gasteiger partial charge in [0.15, 0.2) is 0 Å². The van der Waals surface area contributed by atoms with Crippen LogP contribution in [0.5, 0.6) is 0 Å². The van der Waals surface area contributed by atoms with E-state index in [-0.39, 0.29) is 5.91 Å². The van der Waals surface area contributed by atoms with Gasteiger partial charge in [-0.1, -0.05) is 6.07 Å². The monoisotopic (exact) mass is 368 g/mol. The standard InChI is InChI=1S/C20H28N6O/c1-15-21-18(24(4)5)14-19(22-15)25-9-11-26(12-10-25)20(27)16-7-6-8-17(13-16)23(2)3/h6-8,13-14H,9-12H2,1-5H3. The molecule has 7 nitrogen and oxygen atoms in total. The third kappa shape index (κ3) is 4.30. The summed E-state index contributed by atoms with van der Waals surface area (Å²) >= 11 is 0. The molecule has 1 fully saturated rings. The van der Waals surface area contributed by atoms with E-state index in [2.05, 4.69) is 14.9 Å². The highest BCUT2D eigenvalue weighted by molar-refractivity contribution is 5.95. The van der Waals surface area contributed by atoms with Crippen molar-refractivity contribution in [1.29, 1.82) is 0 Å². The molecule has 3 rings (SSSR count). The van der Waals surface area contributed by atoms with Gasteiger partial charge < -0.3 is 19.6 Å². The van der Waals surface area contributed by atoms with Crippen molar-refractivity contribution in [3.8, 4) is 0 Å². The Morgan fingerprint density at radius 3 is 2.30 bits per heavy atom. The lowest BCUT2D eigenvalue weighted by Crippen LogP contribution is -2.49. The lowest BCUT2D eigenvalue weighted by atomic mass is 10.1. The van der Waals surface area contributed by atoms with Crippen LogP contribution in [-0.2, 0) is 0 Å². The zero-order valence-electron chi connectivity index (χ0n) is 16.8. The van der Waals surface area contributed by atoms with Crippen LogP contribution in [0, 0.1) is 6.92 Å². The van der Waals surface area contributed by atoms with Crippen molar-refractivity contribution in [3.63, 3.8) is 0 Å². The molecule has 2 aromatic rings. The van der Waals surface area contributed by atoms with E-state index in [9.17, 15) is 4.79 Å². The van der Waals surface area contributed by atoms with Gasteiger partial charge in [-0.2, -0.15) is 0 Å². The number of hydrogen-bond donors (Lipinski definition) is 0. The SMILES string of the molecule is Cc1nc(N(C)C)cc(N2CCN(C(=O)c3cccc(N(C)C)c3)CC2)n1. The van der Waals surface area contributed by atoms with Crippen molar-refractivity contribution >= 4 is 23.2 Å². The van der Waals surface area contributed by atoms with Gasteiger partial charge in [0, 0.05) is 71.7 Å². The zero-order valence-corrected chi connectivity index (χ0v) is 16.8. The van der Waals surface area contributed by atoms with E-state index < -0.39 is 0 Å². The number of amides is 1. The van der Waals surface area contributed by atoms with Gasteiger partial charge in [-0.25, -0.2) is 9.97 Å². The van der Waals surface area contributed by atoms with Gasteiger partial charge in [-0.15, -0.1) is 0 Å². The second-order valence-electron chi connectivity index (χ2n) is 7.25. The molecule has 2 heterocycles. The Bertz CT molecular complexity index is 812. The minimum absolute atomic E-state index is 0.0891. The van der Waals surface area contributed by atoms with E-state index in [0.717, 1.165) is 41.8 Å². The maximum atomic E-state index is 12.9. The summed E-state index contributed by atoms with van der Waals surface area (Å²) in [5.41, 5.74) is 1.77. The molecule has 1 saturated heterocycles. The first kappa shape index (κ1) is 18.9. The molecular weight excluding hydrogens is 340 g/mol. The molecule has 0 bridgehead atoms. The number of aromatic nitrogens is 2. The third-order valence-electron chi connectivity index (χ3n) is 4.77. The Hall–Kier alpha value is -2.83. The maximum Gasteiger partial charge on any atom is 0.254 e. The summed E-state index contributed by atoms with van der Waals surface area (Å²) in [7, 11) is 7.91. The third-order valence-corrected chi connectivity index (χ3v) is 4.77. The number of rotatable bonds is 4. The number of carbonyl (C=O) groups excluding carboxylic acids is 1. The van der Waals surface area contributed by atoms with Crippen LogP contribution in [0.3, 0.4) is 0 Å². The molecule has 0 radical (unpaired) electrons. The van der Waals surface area contributed by atoms with E-state index in [4.69, 9.17) is 0 Å². The molecule has 0 atom stereocenters. The number of carbonyl (C=O) groups is 1. The topological polar surface area (TPSA) is 55.8 Å². The summed E-state index contributed by atoms with van der Waals surface area (Å²) in [4.78, 5) is 30.0. The van der Waals surface area contributed by atoms with E-state index in [1.807, 2.05) is 80.1 Å². The predicted octanol–water partition coefficient (Wildman–Crippen LogP) is 1.88. The molecule has 0 aliphatic carbocycles. The van der Waals surface area contributed by atoms with Gasteiger partial charge in [0.1, 0.15) is 17.5 Å². The Morgan fingerprint density at radius 1 is 0.963 bits per heavy atom. The highest BCUT2D eigenvalue weighted by atomic mass is 16.2. The van der Waals surface area contributed by atoms with Crippen molar-refractivity contribution in [2.75, 3.05) is 69.1 Å². The van der Waals surface area contributed by atoms with Gasteiger partial charge >= 0.3 is 0 Å². The molecule has 0 saturated carbocycles. The first-order valence-electron chi connectivity index (χ1n) is 9.20. The van der Waals surface area contributed by atoms with Crippen molar-refractivity contribution < 1.29 is 4.79 Å². The quantitative estimate of drug-likeness (QED) is 0.821. The van der Waals surface area contributed by atoms with Crippen molar-refractivity contribution in [3.05, 3.63) is 41.7 Å². The number of aryl methyl sites for hydroxylation is 1. The first-order chi connectivity index (χ1) is 12.8. The Labute approximate surface area is 161 Å². The smallest absolute Gasteiger partial charge is 0.254 e. The molecule has 0 spiro atoms. The van der Waals surface area contributed by atoms with E-state index >= 15 is 0 Å². The zero-order chi connectivity index (χ0) is 19.6. The number of piperazine rings is 1. The van der Waals surface area contributed by atoms with Crippen LogP contribution in [0.15, 0.2) is 30.3 Å². The van der Waals surface area contributed by atoms with Gasteiger partial charge in [0.25, 0.3) is 5.91 Å². The van der Waals surface area contributed by atoms with Crippen LogP contribution in [-0.4, -0.2) is 75.1 Å². The van der Waals surface area contributed by atoms with E-state index in [1.165, 1.54) is 0 Å². The predicted molar refractivity (Wildman–Crippen MR) is 110 cm³/mol. The molecule has 7 heteroatoms. The highest BCUT2D eigenvalue weighted by Gasteiger charge is 2.23. The largest absolute Gasteiger partial charge is 0.378 e. The minimum Gasteiger partial charge on any atom is -0.378 e. The average molecular weight is 368 g/mol. The molecule has 0 unspecified atom stereocenters. The van der Waals surface area contributed by atoms with Crippen LogP contribution in [0.1, 0.15) is 16.2 Å². The van der Waals surface area contributed by atoms with Gasteiger partial charge in [-0.05, 0) is 25.1 Å². The highest BCUT2D eigenvalue weighted by Crippen LogP contribution is 2.21. The fraction of sp³-hybridized carbons (Fsp3) is 0.450. The minimum atomic E-state index is 0.0891. The molecule has 27 heavy (non-hydrogen) atoms. The van der Waals surface area contributed by atoms with Crippen LogP contribution < -0.4 is 14.7 Å². The van der Waals surface area contributed by atoms with Crippen molar-refractivity contribution in [1.82, 2.24) is 14.9 Å². The van der Waals surface area contributed by atoms with Gasteiger partial charge in [0.05, 0.1) is 0 Å². The Balaban J connectivity index is 1.68. The van der Waals surface area contributed by atoms with E-state index in [1.54, 1.807) is 0 Å². The summed E-state index contributed by atoms with van der Waals surface area (Å²) in [5, 5.41) is 0. The Morgan fingerprint density at radius 2 is 1.67 bits per heavy atom. The summed E-state index contributed by atoms with van der Waals surface area (Å²) in [5.74, 6) is 2.67. The molecule has 1 aliphatic rings. The first-order valence-corrected chi connectivity index (χ1v) is 9.20. The lowest BCUT2D eigenvalue weighted by molar-refractivity contribution is 0.0746. The fourth-order valence-corrected chi connectivity index (χ4v) is 3.17. The normalized spacial score (nSPS) is 14.3.